The Bertz CT molecular complexity index is 854. The maximum Gasteiger partial charge on any atom is 0.247 e. The van der Waals surface area contributed by atoms with E-state index >= 15 is 0 Å². The van der Waals surface area contributed by atoms with E-state index in [0.29, 0.717) is 16.4 Å². The summed E-state index contributed by atoms with van der Waals surface area (Å²) >= 11 is 6.99. The standard InChI is InChI=1S/C19H17ClN2O3S/c1-12-3-2-4-15(9-12)22-18(24)10-16(19(22)25)26-11-17(23)21-14-7-5-13(20)6-8-14/h2-9,16H,10-11H2,1H3,(H,21,23)/t16-/m0/s1. The van der Waals surface area contributed by atoms with Crippen LogP contribution in [0.25, 0.3) is 0 Å². The first-order valence-corrected chi connectivity index (χ1v) is 9.47. The molecule has 1 fully saturated rings. The quantitative estimate of drug-likeness (QED) is 0.794. The molecule has 3 rings (SSSR count). The van der Waals surface area contributed by atoms with Crippen molar-refractivity contribution in [3.05, 3.63) is 59.1 Å². The minimum Gasteiger partial charge on any atom is -0.325 e. The van der Waals surface area contributed by atoms with Crippen LogP contribution in [0, 0.1) is 6.92 Å². The predicted octanol–water partition coefficient (Wildman–Crippen LogP) is 3.65. The van der Waals surface area contributed by atoms with Crippen LogP contribution in [0.1, 0.15) is 12.0 Å². The van der Waals surface area contributed by atoms with Crippen LogP contribution in [0.15, 0.2) is 48.5 Å². The van der Waals surface area contributed by atoms with E-state index in [1.165, 1.54) is 16.7 Å². The molecule has 0 spiro atoms. The van der Waals surface area contributed by atoms with Gasteiger partial charge in [0.25, 0.3) is 0 Å². The van der Waals surface area contributed by atoms with Crippen molar-refractivity contribution in [1.82, 2.24) is 0 Å². The average Bonchev–Trinajstić information content (AvgIpc) is 2.89. The molecule has 1 atom stereocenters. The molecule has 0 unspecified atom stereocenters. The molecule has 1 aliphatic heterocycles. The van der Waals surface area contributed by atoms with Crippen molar-refractivity contribution in [2.75, 3.05) is 16.0 Å². The van der Waals surface area contributed by atoms with Gasteiger partial charge in [0, 0.05) is 17.1 Å². The summed E-state index contributed by atoms with van der Waals surface area (Å²) in [7, 11) is 0. The molecule has 2 aromatic rings. The lowest BCUT2D eigenvalue weighted by atomic mass is 10.2. The molecule has 26 heavy (non-hydrogen) atoms. The largest absolute Gasteiger partial charge is 0.325 e. The SMILES string of the molecule is Cc1cccc(N2C(=O)C[C@H](SCC(=O)Nc3ccc(Cl)cc3)C2=O)c1. The minimum atomic E-state index is -0.543. The predicted molar refractivity (Wildman–Crippen MR) is 105 cm³/mol. The second kappa shape index (κ2) is 7.93. The topological polar surface area (TPSA) is 66.5 Å². The lowest BCUT2D eigenvalue weighted by molar-refractivity contribution is -0.121. The molecule has 1 N–H and O–H groups in total. The van der Waals surface area contributed by atoms with E-state index in [1.807, 2.05) is 19.1 Å². The molecule has 0 bridgehead atoms. The Kier molecular flexibility index (Phi) is 5.64. The number of nitrogens with zero attached hydrogens (tertiary/aromatic N) is 1. The smallest absolute Gasteiger partial charge is 0.247 e. The summed E-state index contributed by atoms with van der Waals surface area (Å²) < 4.78 is 0. The van der Waals surface area contributed by atoms with Crippen LogP contribution in [0.5, 0.6) is 0 Å². The number of rotatable bonds is 5. The van der Waals surface area contributed by atoms with Gasteiger partial charge < -0.3 is 5.32 Å². The van der Waals surface area contributed by atoms with E-state index in [4.69, 9.17) is 11.6 Å². The van der Waals surface area contributed by atoms with Crippen LogP contribution in [0.3, 0.4) is 0 Å². The summed E-state index contributed by atoms with van der Waals surface area (Å²) in [5.41, 5.74) is 2.19. The monoisotopic (exact) mass is 388 g/mol. The van der Waals surface area contributed by atoms with Gasteiger partial charge in [-0.05, 0) is 48.9 Å². The highest BCUT2D eigenvalue weighted by Gasteiger charge is 2.40. The van der Waals surface area contributed by atoms with Gasteiger partial charge in [0.05, 0.1) is 16.7 Å². The van der Waals surface area contributed by atoms with E-state index in [1.54, 1.807) is 36.4 Å². The van der Waals surface area contributed by atoms with E-state index in [2.05, 4.69) is 5.32 Å². The van der Waals surface area contributed by atoms with Gasteiger partial charge in [-0.15, -0.1) is 11.8 Å². The minimum absolute atomic E-state index is 0.0912. The van der Waals surface area contributed by atoms with Gasteiger partial charge in [0.2, 0.25) is 17.7 Å². The number of hydrogen-bond donors (Lipinski definition) is 1. The zero-order valence-corrected chi connectivity index (χ0v) is 15.6. The van der Waals surface area contributed by atoms with Gasteiger partial charge in [-0.1, -0.05) is 23.7 Å². The fraction of sp³-hybridized carbons (Fsp3) is 0.211. The molecule has 0 aliphatic carbocycles. The highest BCUT2D eigenvalue weighted by molar-refractivity contribution is 8.01. The van der Waals surface area contributed by atoms with E-state index < -0.39 is 5.25 Å². The highest BCUT2D eigenvalue weighted by Crippen LogP contribution is 2.30. The first-order chi connectivity index (χ1) is 12.4. The Morgan fingerprint density at radius 1 is 1.23 bits per heavy atom. The Morgan fingerprint density at radius 3 is 2.65 bits per heavy atom. The van der Waals surface area contributed by atoms with Gasteiger partial charge in [-0.25, -0.2) is 4.90 Å². The summed E-state index contributed by atoms with van der Waals surface area (Å²) in [5.74, 6) is -0.652. The van der Waals surface area contributed by atoms with Gasteiger partial charge in [0.1, 0.15) is 0 Å². The number of amides is 3. The molecular weight excluding hydrogens is 372 g/mol. The number of halogens is 1. The lowest BCUT2D eigenvalue weighted by Crippen LogP contribution is -2.31. The molecule has 3 amide bonds. The number of aryl methyl sites for hydroxylation is 1. The Morgan fingerprint density at radius 2 is 1.96 bits per heavy atom. The fourth-order valence-corrected chi connectivity index (χ4v) is 3.74. The van der Waals surface area contributed by atoms with Crippen LogP contribution in [-0.2, 0) is 14.4 Å². The molecule has 0 radical (unpaired) electrons. The Balaban J connectivity index is 1.59. The summed E-state index contributed by atoms with van der Waals surface area (Å²) in [4.78, 5) is 38.1. The van der Waals surface area contributed by atoms with E-state index in [9.17, 15) is 14.4 Å². The summed E-state index contributed by atoms with van der Waals surface area (Å²) in [6, 6.07) is 14.0. The van der Waals surface area contributed by atoms with Crippen molar-refractivity contribution in [2.45, 2.75) is 18.6 Å². The van der Waals surface area contributed by atoms with Gasteiger partial charge in [-0.3, -0.25) is 14.4 Å². The number of benzene rings is 2. The van der Waals surface area contributed by atoms with Gasteiger partial charge in [-0.2, -0.15) is 0 Å². The van der Waals surface area contributed by atoms with Crippen molar-refractivity contribution in [3.8, 4) is 0 Å². The molecule has 0 aromatic heterocycles. The molecule has 7 heteroatoms. The number of imide groups is 1. The summed E-state index contributed by atoms with van der Waals surface area (Å²) in [5, 5.41) is 2.79. The van der Waals surface area contributed by atoms with Crippen LogP contribution >= 0.6 is 23.4 Å². The van der Waals surface area contributed by atoms with Crippen molar-refractivity contribution in [3.63, 3.8) is 0 Å². The molecule has 134 valence electrons. The summed E-state index contributed by atoms with van der Waals surface area (Å²) in [6.07, 6.45) is 0.103. The van der Waals surface area contributed by atoms with Crippen molar-refractivity contribution in [1.29, 1.82) is 0 Å². The molecule has 0 saturated carbocycles. The average molecular weight is 389 g/mol. The second-order valence-corrected chi connectivity index (χ2v) is 7.59. The first kappa shape index (κ1) is 18.5. The number of thioether (sulfide) groups is 1. The lowest BCUT2D eigenvalue weighted by Gasteiger charge is -2.15. The zero-order valence-electron chi connectivity index (χ0n) is 14.1. The zero-order chi connectivity index (χ0) is 18.7. The molecule has 5 nitrogen and oxygen atoms in total. The third-order valence-electron chi connectivity index (χ3n) is 3.91. The molecule has 2 aromatic carbocycles. The molecule has 1 aliphatic rings. The first-order valence-electron chi connectivity index (χ1n) is 8.04. The molecule has 1 saturated heterocycles. The molecular formula is C19H17ClN2O3S. The van der Waals surface area contributed by atoms with Crippen LogP contribution in [0.2, 0.25) is 5.02 Å². The van der Waals surface area contributed by atoms with E-state index in [-0.39, 0.29) is 29.9 Å². The normalized spacial score (nSPS) is 16.8. The maximum absolute atomic E-state index is 12.6. The van der Waals surface area contributed by atoms with Crippen LogP contribution < -0.4 is 10.2 Å². The fourth-order valence-electron chi connectivity index (χ4n) is 2.68. The maximum atomic E-state index is 12.6. The van der Waals surface area contributed by atoms with Gasteiger partial charge >= 0.3 is 0 Å². The van der Waals surface area contributed by atoms with E-state index in [0.717, 1.165) is 5.56 Å². The summed E-state index contributed by atoms with van der Waals surface area (Å²) in [6.45, 7) is 1.90. The third kappa shape index (κ3) is 4.26. The van der Waals surface area contributed by atoms with Crippen LogP contribution in [-0.4, -0.2) is 28.7 Å². The van der Waals surface area contributed by atoms with Crippen LogP contribution in [0.4, 0.5) is 11.4 Å². The number of carbonyl (C=O) groups is 3. The van der Waals surface area contributed by atoms with Gasteiger partial charge in [0.15, 0.2) is 0 Å². The number of carbonyl (C=O) groups excluding carboxylic acids is 3. The van der Waals surface area contributed by atoms with Crippen molar-refractivity contribution >= 4 is 52.5 Å². The number of hydrogen-bond acceptors (Lipinski definition) is 4. The van der Waals surface area contributed by atoms with Crippen molar-refractivity contribution < 1.29 is 14.4 Å². The third-order valence-corrected chi connectivity index (χ3v) is 5.36. The Hall–Kier alpha value is -2.31. The number of anilines is 2. The highest BCUT2D eigenvalue weighted by atomic mass is 35.5. The van der Waals surface area contributed by atoms with Crippen molar-refractivity contribution in [2.24, 2.45) is 0 Å². The molecule has 1 heterocycles. The number of nitrogens with one attached hydrogen (secondary N) is 1. The second-order valence-electron chi connectivity index (χ2n) is 5.97. The Labute approximate surface area is 160 Å².